The van der Waals surface area contributed by atoms with Gasteiger partial charge < -0.3 is 30.8 Å². The summed E-state index contributed by atoms with van der Waals surface area (Å²) in [6, 6.07) is -0.838. The van der Waals surface area contributed by atoms with Gasteiger partial charge in [0.2, 0.25) is 11.8 Å². The fraction of sp³-hybridized carbons (Fsp3) is 0.739. The summed E-state index contributed by atoms with van der Waals surface area (Å²) in [5.74, 6) is -0.836. The highest BCUT2D eigenvalue weighted by Gasteiger charge is 2.23. The van der Waals surface area contributed by atoms with E-state index in [1.807, 2.05) is 0 Å². The van der Waals surface area contributed by atoms with E-state index in [2.05, 4.69) is 27.5 Å². The number of ether oxygens (including phenoxy) is 2. The molecule has 1 aromatic rings. The number of hydrogen-bond donors (Lipinski definition) is 4. The van der Waals surface area contributed by atoms with Crippen LogP contribution in [0.4, 0.5) is 0 Å². The largest absolute Gasteiger partial charge is 0.462 e. The van der Waals surface area contributed by atoms with Gasteiger partial charge in [-0.05, 0) is 6.42 Å². The first-order chi connectivity index (χ1) is 16.1. The Morgan fingerprint density at radius 1 is 1.00 bits per heavy atom. The summed E-state index contributed by atoms with van der Waals surface area (Å²) in [6.45, 7) is 3.41. The van der Waals surface area contributed by atoms with Crippen molar-refractivity contribution in [1.29, 1.82) is 0 Å². The third-order valence-electron chi connectivity index (χ3n) is 5.02. The predicted molar refractivity (Wildman–Crippen MR) is 140 cm³/mol. The molecule has 1 heterocycles. The van der Waals surface area contributed by atoms with Crippen LogP contribution >= 0.6 is 24.8 Å². The number of aromatic nitrogens is 2. The lowest BCUT2D eigenvalue weighted by Crippen LogP contribution is -2.44. The van der Waals surface area contributed by atoms with E-state index >= 15 is 0 Å². The van der Waals surface area contributed by atoms with Crippen molar-refractivity contribution in [3.63, 3.8) is 0 Å². The molecule has 10 nitrogen and oxygen atoms in total. The van der Waals surface area contributed by atoms with Crippen LogP contribution in [0.15, 0.2) is 12.5 Å². The number of nitrogens with two attached hydrogens (primary N) is 1. The van der Waals surface area contributed by atoms with Gasteiger partial charge >= 0.3 is 5.97 Å². The molecule has 2 amide bonds. The van der Waals surface area contributed by atoms with Crippen molar-refractivity contribution in [3.8, 4) is 0 Å². The van der Waals surface area contributed by atoms with Crippen molar-refractivity contribution in [2.24, 2.45) is 5.73 Å². The molecule has 0 saturated heterocycles. The van der Waals surface area contributed by atoms with Crippen LogP contribution in [-0.4, -0.2) is 66.7 Å². The van der Waals surface area contributed by atoms with E-state index in [-0.39, 0.29) is 69.2 Å². The van der Waals surface area contributed by atoms with E-state index < -0.39 is 12.0 Å². The van der Waals surface area contributed by atoms with Crippen molar-refractivity contribution in [2.75, 3.05) is 32.9 Å². The molecule has 0 aromatic carbocycles. The standard InChI is InChI=1S/C23H41N5O5.2ClH/c1-2-3-4-5-6-7-8-9-21(29)26-12-13-32-14-15-33-23(31)20(28-22(30)10-11-24)16-19-17-25-18-27-19;;/h17-18,20H,2-16,24H2,1H3,(H,25,27)(H,26,29)(H,28,30);2*1H/t20-;;/m0../s1. The first-order valence-electron chi connectivity index (χ1n) is 12.0. The minimum absolute atomic E-state index is 0. The van der Waals surface area contributed by atoms with Gasteiger partial charge in [0.15, 0.2) is 0 Å². The molecule has 0 aliphatic rings. The number of esters is 1. The molecule has 0 spiro atoms. The van der Waals surface area contributed by atoms with E-state index in [1.165, 1.54) is 38.4 Å². The molecule has 0 fully saturated rings. The summed E-state index contributed by atoms with van der Waals surface area (Å²) in [6.07, 6.45) is 12.2. The highest BCUT2D eigenvalue weighted by atomic mass is 35.5. The van der Waals surface area contributed by atoms with Crippen LogP contribution in [0.25, 0.3) is 0 Å². The zero-order valence-corrected chi connectivity index (χ0v) is 22.4. The number of nitrogens with one attached hydrogen (secondary N) is 3. The number of halogens is 2. The average molecular weight is 541 g/mol. The third kappa shape index (κ3) is 19.0. The number of aromatic amines is 1. The average Bonchev–Trinajstić information content (AvgIpc) is 3.30. The molecule has 0 bridgehead atoms. The Hall–Kier alpha value is -1.88. The lowest BCUT2D eigenvalue weighted by atomic mass is 10.1. The third-order valence-corrected chi connectivity index (χ3v) is 5.02. The van der Waals surface area contributed by atoms with Crippen LogP contribution in [0.3, 0.4) is 0 Å². The molecule has 1 rings (SSSR count). The number of imidazole rings is 1. The number of H-pyrrole nitrogens is 1. The maximum absolute atomic E-state index is 12.4. The molecule has 0 saturated carbocycles. The number of hydrogen-bond acceptors (Lipinski definition) is 7. The fourth-order valence-electron chi connectivity index (χ4n) is 3.20. The Bertz CT molecular complexity index is 665. The fourth-order valence-corrected chi connectivity index (χ4v) is 3.20. The lowest BCUT2D eigenvalue weighted by Gasteiger charge is -2.17. The minimum atomic E-state index is -0.838. The van der Waals surface area contributed by atoms with Gasteiger partial charge in [0, 0.05) is 44.2 Å². The van der Waals surface area contributed by atoms with E-state index in [4.69, 9.17) is 15.2 Å². The maximum Gasteiger partial charge on any atom is 0.329 e. The molecule has 0 unspecified atom stereocenters. The van der Waals surface area contributed by atoms with Gasteiger partial charge in [-0.1, -0.05) is 45.4 Å². The lowest BCUT2D eigenvalue weighted by molar-refractivity contribution is -0.149. The van der Waals surface area contributed by atoms with Crippen LogP contribution in [0.1, 0.15) is 70.4 Å². The Morgan fingerprint density at radius 3 is 2.37 bits per heavy atom. The smallest absolute Gasteiger partial charge is 0.329 e. The summed E-state index contributed by atoms with van der Waals surface area (Å²) >= 11 is 0. The molecule has 35 heavy (non-hydrogen) atoms. The second-order valence-electron chi connectivity index (χ2n) is 7.94. The second-order valence-corrected chi connectivity index (χ2v) is 7.94. The van der Waals surface area contributed by atoms with Crippen molar-refractivity contribution >= 4 is 42.6 Å². The molecule has 12 heteroatoms. The van der Waals surface area contributed by atoms with Crippen molar-refractivity contribution in [3.05, 3.63) is 18.2 Å². The predicted octanol–water partition coefficient (Wildman–Crippen LogP) is 2.45. The van der Waals surface area contributed by atoms with Crippen LogP contribution in [0.2, 0.25) is 0 Å². The van der Waals surface area contributed by atoms with Crippen molar-refractivity contribution in [1.82, 2.24) is 20.6 Å². The highest BCUT2D eigenvalue weighted by molar-refractivity contribution is 5.86. The van der Waals surface area contributed by atoms with E-state index in [9.17, 15) is 14.4 Å². The molecule has 0 radical (unpaired) electrons. The van der Waals surface area contributed by atoms with Crippen molar-refractivity contribution < 1.29 is 23.9 Å². The van der Waals surface area contributed by atoms with Gasteiger partial charge in [0.25, 0.3) is 0 Å². The molecule has 5 N–H and O–H groups in total. The molecule has 1 aromatic heterocycles. The second kappa shape index (κ2) is 23.8. The minimum Gasteiger partial charge on any atom is -0.462 e. The molecular formula is C23H43Cl2N5O5. The Balaban J connectivity index is 0. The van der Waals surface area contributed by atoms with Gasteiger partial charge in [0.1, 0.15) is 12.6 Å². The number of carbonyl (C=O) groups excluding carboxylic acids is 3. The van der Waals surface area contributed by atoms with Crippen LogP contribution < -0.4 is 16.4 Å². The summed E-state index contributed by atoms with van der Waals surface area (Å²) in [7, 11) is 0. The highest BCUT2D eigenvalue weighted by Crippen LogP contribution is 2.08. The summed E-state index contributed by atoms with van der Waals surface area (Å²) < 4.78 is 10.6. The number of unbranched alkanes of at least 4 members (excludes halogenated alkanes) is 6. The summed E-state index contributed by atoms with van der Waals surface area (Å²) in [5, 5.41) is 5.46. The zero-order chi connectivity index (χ0) is 24.2. The first-order valence-corrected chi connectivity index (χ1v) is 12.0. The number of rotatable bonds is 20. The van der Waals surface area contributed by atoms with E-state index in [0.29, 0.717) is 25.3 Å². The molecule has 204 valence electrons. The first kappa shape index (κ1) is 35.3. The number of nitrogens with zero attached hydrogens (tertiary/aromatic N) is 1. The summed E-state index contributed by atoms with van der Waals surface area (Å²) in [5.41, 5.74) is 6.09. The Labute approximate surface area is 221 Å². The SMILES string of the molecule is CCCCCCCCCC(=O)NCCOCCOC(=O)[C@H](Cc1cnc[nH]1)NC(=O)CCN.Cl.Cl. The Kier molecular flexibility index (Phi) is 24.0. The van der Waals surface area contributed by atoms with Gasteiger partial charge in [-0.25, -0.2) is 9.78 Å². The van der Waals surface area contributed by atoms with Gasteiger partial charge in [-0.2, -0.15) is 0 Å². The van der Waals surface area contributed by atoms with Crippen LogP contribution in [0.5, 0.6) is 0 Å². The van der Waals surface area contributed by atoms with Gasteiger partial charge in [0.05, 0.1) is 19.5 Å². The number of amides is 2. The molecule has 0 aliphatic heterocycles. The van der Waals surface area contributed by atoms with E-state index in [1.54, 1.807) is 6.20 Å². The maximum atomic E-state index is 12.4. The monoisotopic (exact) mass is 539 g/mol. The normalized spacial score (nSPS) is 11.0. The quantitative estimate of drug-likeness (QED) is 0.147. The Morgan fingerprint density at radius 2 is 1.71 bits per heavy atom. The summed E-state index contributed by atoms with van der Waals surface area (Å²) in [4.78, 5) is 42.8. The zero-order valence-electron chi connectivity index (χ0n) is 20.7. The topological polar surface area (TPSA) is 148 Å². The van der Waals surface area contributed by atoms with Crippen LogP contribution in [0, 0.1) is 0 Å². The molecule has 1 atom stereocenters. The van der Waals surface area contributed by atoms with Crippen LogP contribution in [-0.2, 0) is 30.3 Å². The van der Waals surface area contributed by atoms with Gasteiger partial charge in [-0.15, -0.1) is 24.8 Å². The van der Waals surface area contributed by atoms with E-state index in [0.717, 1.165) is 12.8 Å². The number of carbonyl (C=O) groups is 3. The van der Waals surface area contributed by atoms with Crippen molar-refractivity contribution in [2.45, 2.75) is 77.2 Å². The molecular weight excluding hydrogens is 497 g/mol. The molecule has 0 aliphatic carbocycles. The van der Waals surface area contributed by atoms with Gasteiger partial charge in [-0.3, -0.25) is 9.59 Å².